The van der Waals surface area contributed by atoms with Gasteiger partial charge in [0.25, 0.3) is 0 Å². The molecular formula is C9H10N2O3S. The van der Waals surface area contributed by atoms with Crippen molar-refractivity contribution in [3.63, 3.8) is 0 Å². The lowest BCUT2D eigenvalue weighted by molar-refractivity contribution is -0.143. The summed E-state index contributed by atoms with van der Waals surface area (Å²) in [6.07, 6.45) is 1.24. The highest BCUT2D eigenvalue weighted by Gasteiger charge is 2.38. The highest BCUT2D eigenvalue weighted by molar-refractivity contribution is 7.09. The maximum atomic E-state index is 11.4. The molecule has 2 rings (SSSR count). The SMILES string of the molecule is COC(=O)C1N=C(C)OC1c1nccs1. The second-order valence-electron chi connectivity index (χ2n) is 3.02. The Morgan fingerprint density at radius 1 is 1.67 bits per heavy atom. The molecule has 15 heavy (non-hydrogen) atoms. The number of nitrogens with zero attached hydrogens (tertiary/aromatic N) is 2. The number of methoxy groups -OCH3 is 1. The van der Waals surface area contributed by atoms with Gasteiger partial charge in [-0.15, -0.1) is 11.3 Å². The molecule has 2 heterocycles. The topological polar surface area (TPSA) is 60.8 Å². The van der Waals surface area contributed by atoms with Gasteiger partial charge in [-0.1, -0.05) is 0 Å². The van der Waals surface area contributed by atoms with Crippen molar-refractivity contribution in [1.29, 1.82) is 0 Å². The van der Waals surface area contributed by atoms with Crippen LogP contribution in [0.3, 0.4) is 0 Å². The summed E-state index contributed by atoms with van der Waals surface area (Å²) in [6, 6.07) is -0.624. The van der Waals surface area contributed by atoms with Crippen LogP contribution in [0.5, 0.6) is 0 Å². The van der Waals surface area contributed by atoms with E-state index in [1.165, 1.54) is 18.4 Å². The van der Waals surface area contributed by atoms with Crippen LogP contribution in [0.4, 0.5) is 0 Å². The summed E-state index contributed by atoms with van der Waals surface area (Å²) in [5, 5.41) is 2.58. The zero-order valence-corrected chi connectivity index (χ0v) is 9.15. The fourth-order valence-electron chi connectivity index (χ4n) is 1.40. The molecule has 0 saturated heterocycles. The average molecular weight is 226 g/mol. The van der Waals surface area contributed by atoms with Gasteiger partial charge in [-0.25, -0.2) is 14.8 Å². The van der Waals surface area contributed by atoms with E-state index >= 15 is 0 Å². The lowest BCUT2D eigenvalue weighted by Crippen LogP contribution is -2.25. The predicted molar refractivity (Wildman–Crippen MR) is 54.9 cm³/mol. The fraction of sp³-hybridized carbons (Fsp3) is 0.444. The lowest BCUT2D eigenvalue weighted by atomic mass is 10.2. The van der Waals surface area contributed by atoms with E-state index in [9.17, 15) is 4.79 Å². The molecule has 0 saturated carbocycles. The number of esters is 1. The highest BCUT2D eigenvalue weighted by atomic mass is 32.1. The van der Waals surface area contributed by atoms with E-state index in [4.69, 9.17) is 4.74 Å². The molecule has 1 aliphatic rings. The van der Waals surface area contributed by atoms with Gasteiger partial charge >= 0.3 is 5.97 Å². The second kappa shape index (κ2) is 3.98. The third-order valence-corrected chi connectivity index (χ3v) is 2.88. The van der Waals surface area contributed by atoms with Crippen molar-refractivity contribution >= 4 is 23.2 Å². The van der Waals surface area contributed by atoms with Gasteiger partial charge in [0, 0.05) is 18.5 Å². The van der Waals surface area contributed by atoms with Crippen LogP contribution in [0.1, 0.15) is 18.0 Å². The molecule has 0 radical (unpaired) electrons. The van der Waals surface area contributed by atoms with E-state index in [0.29, 0.717) is 5.90 Å². The molecule has 5 nitrogen and oxygen atoms in total. The van der Waals surface area contributed by atoms with Gasteiger partial charge in [0.05, 0.1) is 7.11 Å². The van der Waals surface area contributed by atoms with Gasteiger partial charge in [-0.2, -0.15) is 0 Å². The summed E-state index contributed by atoms with van der Waals surface area (Å²) >= 11 is 1.44. The largest absolute Gasteiger partial charge is 0.468 e. The Bertz CT molecular complexity index is 388. The summed E-state index contributed by atoms with van der Waals surface area (Å²) in [7, 11) is 1.34. The standard InChI is InChI=1S/C9H10N2O3S/c1-5-11-6(9(12)13-2)7(14-5)8-10-3-4-15-8/h3-4,6-7H,1-2H3. The number of hydrogen-bond acceptors (Lipinski definition) is 6. The molecule has 0 amide bonds. The Morgan fingerprint density at radius 2 is 2.47 bits per heavy atom. The van der Waals surface area contributed by atoms with Crippen molar-refractivity contribution in [3.8, 4) is 0 Å². The van der Waals surface area contributed by atoms with Crippen molar-refractivity contribution < 1.29 is 14.3 Å². The Hall–Kier alpha value is -1.43. The molecule has 0 spiro atoms. The lowest BCUT2D eigenvalue weighted by Gasteiger charge is -2.12. The minimum atomic E-state index is -0.624. The Morgan fingerprint density at radius 3 is 3.07 bits per heavy atom. The zero-order valence-electron chi connectivity index (χ0n) is 8.34. The smallest absolute Gasteiger partial charge is 0.335 e. The third kappa shape index (κ3) is 1.85. The molecular weight excluding hydrogens is 216 g/mol. The third-order valence-electron chi connectivity index (χ3n) is 2.04. The van der Waals surface area contributed by atoms with Gasteiger partial charge in [-0.05, 0) is 0 Å². The van der Waals surface area contributed by atoms with Crippen molar-refractivity contribution in [1.82, 2.24) is 4.98 Å². The van der Waals surface area contributed by atoms with Gasteiger partial charge in [0.15, 0.2) is 18.0 Å². The fourth-order valence-corrected chi connectivity index (χ4v) is 2.09. The van der Waals surface area contributed by atoms with Gasteiger partial charge in [0.2, 0.25) is 0 Å². The first kappa shape index (κ1) is 10.1. The molecule has 0 fully saturated rings. The average Bonchev–Trinajstić information content (AvgIpc) is 2.84. The molecule has 0 aromatic carbocycles. The van der Waals surface area contributed by atoms with Crippen LogP contribution in [-0.4, -0.2) is 30.0 Å². The van der Waals surface area contributed by atoms with E-state index in [0.717, 1.165) is 5.01 Å². The molecule has 1 aromatic heterocycles. The molecule has 0 N–H and O–H groups in total. The number of carbonyl (C=O) groups excluding carboxylic acids is 1. The highest BCUT2D eigenvalue weighted by Crippen LogP contribution is 2.30. The van der Waals surface area contributed by atoms with E-state index in [1.807, 2.05) is 5.38 Å². The summed E-state index contributed by atoms with van der Waals surface area (Å²) in [6.45, 7) is 1.71. The van der Waals surface area contributed by atoms with Crippen LogP contribution in [0.25, 0.3) is 0 Å². The minimum Gasteiger partial charge on any atom is -0.468 e. The molecule has 1 aliphatic heterocycles. The van der Waals surface area contributed by atoms with Crippen LogP contribution in [0.2, 0.25) is 0 Å². The number of carbonyl (C=O) groups is 1. The first-order valence-corrected chi connectivity index (χ1v) is 5.28. The maximum Gasteiger partial charge on any atom is 0.335 e. The predicted octanol–water partition coefficient (Wildman–Crippen LogP) is 1.17. The Balaban J connectivity index is 2.23. The van der Waals surface area contributed by atoms with Crippen molar-refractivity contribution in [2.45, 2.75) is 19.1 Å². The number of aromatic nitrogens is 1. The zero-order chi connectivity index (χ0) is 10.8. The Labute approximate surface area is 90.8 Å². The van der Waals surface area contributed by atoms with Gasteiger partial charge in [-0.3, -0.25) is 0 Å². The molecule has 0 bridgehead atoms. The van der Waals surface area contributed by atoms with Crippen molar-refractivity contribution in [3.05, 3.63) is 16.6 Å². The molecule has 6 heteroatoms. The second-order valence-corrected chi connectivity index (χ2v) is 3.95. The van der Waals surface area contributed by atoms with Crippen LogP contribution in [-0.2, 0) is 14.3 Å². The first-order valence-electron chi connectivity index (χ1n) is 4.40. The normalized spacial score (nSPS) is 24.5. The molecule has 2 unspecified atom stereocenters. The van der Waals surface area contributed by atoms with Crippen LogP contribution >= 0.6 is 11.3 Å². The van der Waals surface area contributed by atoms with Crippen LogP contribution in [0, 0.1) is 0 Å². The summed E-state index contributed by atoms with van der Waals surface area (Å²) < 4.78 is 10.1. The van der Waals surface area contributed by atoms with Gasteiger partial charge < -0.3 is 9.47 Å². The summed E-state index contributed by atoms with van der Waals surface area (Å²) in [4.78, 5) is 19.6. The van der Waals surface area contributed by atoms with E-state index in [2.05, 4.69) is 14.7 Å². The number of rotatable bonds is 2. The summed E-state index contributed by atoms with van der Waals surface area (Å²) in [5.41, 5.74) is 0. The number of thiazole rings is 1. The number of aliphatic imine (C=N–C) groups is 1. The molecule has 2 atom stereocenters. The molecule has 80 valence electrons. The van der Waals surface area contributed by atoms with Crippen molar-refractivity contribution in [2.75, 3.05) is 7.11 Å². The van der Waals surface area contributed by atoms with E-state index in [-0.39, 0.29) is 0 Å². The quantitative estimate of drug-likeness (QED) is 0.710. The maximum absolute atomic E-state index is 11.4. The monoisotopic (exact) mass is 226 g/mol. The van der Waals surface area contributed by atoms with Crippen molar-refractivity contribution in [2.24, 2.45) is 4.99 Å². The van der Waals surface area contributed by atoms with Gasteiger partial charge in [0.1, 0.15) is 5.01 Å². The number of hydrogen-bond donors (Lipinski definition) is 0. The molecule has 1 aromatic rings. The number of ether oxygens (including phenoxy) is 2. The minimum absolute atomic E-state index is 0.396. The van der Waals surface area contributed by atoms with E-state index < -0.39 is 18.1 Å². The molecule has 0 aliphatic carbocycles. The first-order chi connectivity index (χ1) is 7.22. The van der Waals surface area contributed by atoms with Crippen LogP contribution < -0.4 is 0 Å². The van der Waals surface area contributed by atoms with E-state index in [1.54, 1.807) is 13.1 Å². The van der Waals surface area contributed by atoms with Crippen LogP contribution in [0.15, 0.2) is 16.6 Å². The Kier molecular flexibility index (Phi) is 2.68. The summed E-state index contributed by atoms with van der Waals surface area (Å²) in [5.74, 6) is 0.0950.